The van der Waals surface area contributed by atoms with E-state index in [1.807, 2.05) is 0 Å². The van der Waals surface area contributed by atoms with E-state index in [9.17, 15) is 14.6 Å². The number of hydrogen-bond acceptors (Lipinski definition) is 3. The van der Waals surface area contributed by atoms with Crippen LogP contribution in [0.15, 0.2) is 18.2 Å². The summed E-state index contributed by atoms with van der Waals surface area (Å²) in [4.78, 5) is 25.9. The van der Waals surface area contributed by atoms with Gasteiger partial charge in [-0.2, -0.15) is 0 Å². The predicted molar refractivity (Wildman–Crippen MR) is 95.1 cm³/mol. The van der Waals surface area contributed by atoms with E-state index in [2.05, 4.69) is 27.9 Å². The third-order valence-corrected chi connectivity index (χ3v) is 4.74. The van der Waals surface area contributed by atoms with E-state index in [4.69, 9.17) is 11.6 Å². The highest BCUT2D eigenvalue weighted by Gasteiger charge is 2.34. The summed E-state index contributed by atoms with van der Waals surface area (Å²) in [5.74, 6) is -0.716. The van der Waals surface area contributed by atoms with Crippen LogP contribution in [0.25, 0.3) is 0 Å². The SMILES string of the molecule is CB(O)C1CCCN1C(=O)CNC(=O)c1ccc(I)cc1Cl. The average Bonchev–Trinajstić information content (AvgIpc) is 2.94. The van der Waals surface area contributed by atoms with Gasteiger partial charge < -0.3 is 15.2 Å². The minimum absolute atomic E-state index is 0.0929. The molecule has 0 aromatic heterocycles. The van der Waals surface area contributed by atoms with Crippen molar-refractivity contribution in [3.8, 4) is 0 Å². The molecule has 1 aromatic rings. The van der Waals surface area contributed by atoms with Crippen molar-refractivity contribution < 1.29 is 14.6 Å². The second kappa shape index (κ2) is 7.65. The molecule has 0 radical (unpaired) electrons. The Balaban J connectivity index is 1.94. The fraction of sp³-hybridized carbons (Fsp3) is 0.429. The molecule has 1 aliphatic heterocycles. The number of likely N-dealkylation sites (tertiary alicyclic amines) is 1. The third kappa shape index (κ3) is 4.14. The maximum absolute atomic E-state index is 12.2. The maximum Gasteiger partial charge on any atom is 0.309 e. The molecule has 1 atom stereocenters. The molecule has 1 heterocycles. The van der Waals surface area contributed by atoms with Crippen molar-refractivity contribution >= 4 is 52.9 Å². The first-order valence-electron chi connectivity index (χ1n) is 7.11. The molecule has 118 valence electrons. The fourth-order valence-electron chi connectivity index (χ4n) is 2.63. The quantitative estimate of drug-likeness (QED) is 0.561. The molecule has 0 bridgehead atoms. The molecule has 0 aliphatic carbocycles. The van der Waals surface area contributed by atoms with Gasteiger partial charge in [0.25, 0.3) is 5.91 Å². The smallest absolute Gasteiger partial charge is 0.309 e. The largest absolute Gasteiger partial charge is 0.449 e. The maximum atomic E-state index is 12.2. The molecule has 8 heteroatoms. The normalized spacial score (nSPS) is 17.5. The number of nitrogens with zero attached hydrogens (tertiary/aromatic N) is 1. The summed E-state index contributed by atoms with van der Waals surface area (Å²) < 4.78 is 0.937. The Morgan fingerprint density at radius 1 is 1.55 bits per heavy atom. The first-order valence-corrected chi connectivity index (χ1v) is 8.56. The van der Waals surface area contributed by atoms with Gasteiger partial charge in [-0.05, 0) is 53.6 Å². The Morgan fingerprint density at radius 3 is 2.91 bits per heavy atom. The van der Waals surface area contributed by atoms with Crippen LogP contribution in [0, 0.1) is 3.57 Å². The monoisotopic (exact) mass is 434 g/mol. The Morgan fingerprint density at radius 2 is 2.27 bits per heavy atom. The van der Waals surface area contributed by atoms with E-state index in [0.29, 0.717) is 17.1 Å². The topological polar surface area (TPSA) is 69.6 Å². The van der Waals surface area contributed by atoms with Gasteiger partial charge in [-0.15, -0.1) is 0 Å². The van der Waals surface area contributed by atoms with Gasteiger partial charge in [-0.1, -0.05) is 18.4 Å². The Labute approximate surface area is 148 Å². The summed E-state index contributed by atoms with van der Waals surface area (Å²) in [6.45, 7) is 1.65. The van der Waals surface area contributed by atoms with E-state index < -0.39 is 6.92 Å². The van der Waals surface area contributed by atoms with Crippen LogP contribution in [0.4, 0.5) is 0 Å². The van der Waals surface area contributed by atoms with Gasteiger partial charge in [0.1, 0.15) is 0 Å². The molecule has 2 amide bonds. The summed E-state index contributed by atoms with van der Waals surface area (Å²) in [5, 5.41) is 12.6. The van der Waals surface area contributed by atoms with Crippen molar-refractivity contribution in [3.63, 3.8) is 0 Å². The molecule has 1 fully saturated rings. The highest BCUT2D eigenvalue weighted by atomic mass is 127. The van der Waals surface area contributed by atoms with E-state index in [0.717, 1.165) is 16.4 Å². The Hall–Kier alpha value is -0.795. The standard InChI is InChI=1S/C14H17BClIN2O3/c1-15(22)12-3-2-6-19(12)13(20)8-18-14(21)10-5-4-9(17)7-11(10)16/h4-5,7,12,22H,2-3,6,8H2,1H3,(H,18,21). The van der Waals surface area contributed by atoms with Gasteiger partial charge in [0.05, 0.1) is 17.1 Å². The van der Waals surface area contributed by atoms with Crippen molar-refractivity contribution in [2.45, 2.75) is 25.6 Å². The molecular formula is C14H17BClIN2O3. The lowest BCUT2D eigenvalue weighted by Gasteiger charge is -2.25. The number of rotatable bonds is 4. The lowest BCUT2D eigenvalue weighted by Crippen LogP contribution is -2.47. The Kier molecular flexibility index (Phi) is 6.11. The van der Waals surface area contributed by atoms with Crippen LogP contribution < -0.4 is 5.32 Å². The van der Waals surface area contributed by atoms with Crippen molar-refractivity contribution in [1.29, 1.82) is 0 Å². The first-order chi connectivity index (χ1) is 10.4. The second-order valence-electron chi connectivity index (χ2n) is 5.34. The molecule has 1 aliphatic rings. The molecule has 1 aromatic carbocycles. The summed E-state index contributed by atoms with van der Waals surface area (Å²) >= 11 is 8.15. The molecule has 2 N–H and O–H groups in total. The lowest BCUT2D eigenvalue weighted by molar-refractivity contribution is -0.129. The highest BCUT2D eigenvalue weighted by molar-refractivity contribution is 14.1. The molecule has 2 rings (SSSR count). The summed E-state index contributed by atoms with van der Waals surface area (Å²) in [5.41, 5.74) is 0.350. The number of carbonyl (C=O) groups is 2. The van der Waals surface area contributed by atoms with Crippen LogP contribution in [-0.4, -0.2) is 47.7 Å². The van der Waals surface area contributed by atoms with E-state index in [1.165, 1.54) is 0 Å². The van der Waals surface area contributed by atoms with Crippen LogP contribution in [-0.2, 0) is 4.79 Å². The minimum Gasteiger partial charge on any atom is -0.449 e. The van der Waals surface area contributed by atoms with Crippen LogP contribution >= 0.6 is 34.2 Å². The summed E-state index contributed by atoms with van der Waals surface area (Å²) in [7, 11) is 0. The van der Waals surface area contributed by atoms with E-state index in [1.54, 1.807) is 29.9 Å². The molecular weight excluding hydrogens is 417 g/mol. The molecule has 1 saturated heterocycles. The van der Waals surface area contributed by atoms with Crippen molar-refractivity contribution in [2.75, 3.05) is 13.1 Å². The first kappa shape index (κ1) is 17.6. The highest BCUT2D eigenvalue weighted by Crippen LogP contribution is 2.20. The van der Waals surface area contributed by atoms with Crippen LogP contribution in [0.3, 0.4) is 0 Å². The summed E-state index contributed by atoms with van der Waals surface area (Å²) in [6, 6.07) is 5.12. The van der Waals surface area contributed by atoms with E-state index in [-0.39, 0.29) is 24.3 Å². The number of carbonyl (C=O) groups excluding carboxylic acids is 2. The molecule has 5 nitrogen and oxygen atoms in total. The van der Waals surface area contributed by atoms with E-state index >= 15 is 0 Å². The molecule has 22 heavy (non-hydrogen) atoms. The zero-order chi connectivity index (χ0) is 16.3. The van der Waals surface area contributed by atoms with Gasteiger partial charge in [0.15, 0.2) is 0 Å². The number of hydrogen-bond donors (Lipinski definition) is 2. The summed E-state index contributed by atoms with van der Waals surface area (Å²) in [6.07, 6.45) is 1.67. The van der Waals surface area contributed by atoms with Crippen LogP contribution in [0.1, 0.15) is 23.2 Å². The second-order valence-corrected chi connectivity index (χ2v) is 7.00. The van der Waals surface area contributed by atoms with Gasteiger partial charge in [-0.25, -0.2) is 0 Å². The van der Waals surface area contributed by atoms with Gasteiger partial charge >= 0.3 is 6.92 Å². The van der Waals surface area contributed by atoms with Gasteiger partial charge in [-0.3, -0.25) is 9.59 Å². The average molecular weight is 434 g/mol. The Bertz CT molecular complexity index is 585. The molecule has 1 unspecified atom stereocenters. The van der Waals surface area contributed by atoms with Crippen molar-refractivity contribution in [2.24, 2.45) is 0 Å². The number of amides is 2. The van der Waals surface area contributed by atoms with Crippen molar-refractivity contribution in [3.05, 3.63) is 32.4 Å². The number of benzene rings is 1. The lowest BCUT2D eigenvalue weighted by atomic mass is 9.62. The number of nitrogens with one attached hydrogen (secondary N) is 1. The minimum atomic E-state index is -0.562. The fourth-order valence-corrected chi connectivity index (χ4v) is 3.57. The van der Waals surface area contributed by atoms with Crippen molar-refractivity contribution in [1.82, 2.24) is 10.2 Å². The van der Waals surface area contributed by atoms with Crippen LogP contribution in [0.2, 0.25) is 11.8 Å². The molecule has 0 saturated carbocycles. The molecule has 0 spiro atoms. The third-order valence-electron chi connectivity index (χ3n) is 3.75. The van der Waals surface area contributed by atoms with Gasteiger partial charge in [0.2, 0.25) is 5.91 Å². The number of halogens is 2. The van der Waals surface area contributed by atoms with Gasteiger partial charge in [0, 0.05) is 16.1 Å². The predicted octanol–water partition coefficient (Wildman–Crippen LogP) is 1.82. The van der Waals surface area contributed by atoms with Crippen LogP contribution in [0.5, 0.6) is 0 Å². The zero-order valence-corrected chi connectivity index (χ0v) is 15.1. The zero-order valence-electron chi connectivity index (χ0n) is 12.2.